The van der Waals surface area contributed by atoms with Gasteiger partial charge in [0.1, 0.15) is 0 Å². The second-order valence-electron chi connectivity index (χ2n) is 21.2. The summed E-state index contributed by atoms with van der Waals surface area (Å²) in [5, 5.41) is 4.71. The summed E-state index contributed by atoms with van der Waals surface area (Å²) in [5.41, 5.74) is 23.6. The zero-order chi connectivity index (χ0) is 53.7. The van der Waals surface area contributed by atoms with E-state index in [1.807, 2.05) is 6.07 Å². The Labute approximate surface area is 472 Å². The molecular formula is C79H52N2. The Hall–Kier alpha value is -10.5. The standard InChI is InChI=1S/C79H52N2/c1-5-21-53(22-6-1)58-27-19-28-59(47-58)54-39-41-56(42-40-54)76-52-77(81-78(80-76)57-24-7-2-8-25-57)73-46-45-68(69-34-15-16-35-70(69)73)63-49-61(48-62(50-63)67-37-20-26-55-23-13-14-33-66(55)67)60-43-44-72-71-36-17-18-38-74(71)79(75(72)51-60,64-29-9-3-10-30-64)65-31-11-4-12-32-65/h1-52H. The molecule has 0 fully saturated rings. The highest BCUT2D eigenvalue weighted by atomic mass is 14.9. The van der Waals surface area contributed by atoms with Crippen LogP contribution in [-0.2, 0) is 5.41 Å². The largest absolute Gasteiger partial charge is 0.228 e. The number of rotatable bonds is 10. The van der Waals surface area contributed by atoms with Gasteiger partial charge in [-0.2, -0.15) is 0 Å². The molecule has 0 N–H and O–H groups in total. The maximum absolute atomic E-state index is 5.38. The average Bonchev–Trinajstić information content (AvgIpc) is 4.00. The fourth-order valence-electron chi connectivity index (χ4n) is 12.8. The first-order chi connectivity index (χ1) is 40.1. The van der Waals surface area contributed by atoms with Crippen molar-refractivity contribution < 1.29 is 0 Å². The zero-order valence-electron chi connectivity index (χ0n) is 44.4. The van der Waals surface area contributed by atoms with Crippen LogP contribution in [0.15, 0.2) is 315 Å². The fourth-order valence-corrected chi connectivity index (χ4v) is 12.8. The van der Waals surface area contributed by atoms with Crippen LogP contribution in [0.2, 0.25) is 0 Å². The molecule has 378 valence electrons. The Balaban J connectivity index is 0.889. The number of benzene rings is 13. The van der Waals surface area contributed by atoms with Crippen LogP contribution in [0.5, 0.6) is 0 Å². The van der Waals surface area contributed by atoms with Crippen LogP contribution in [0.4, 0.5) is 0 Å². The molecule has 0 unspecified atom stereocenters. The molecule has 1 aliphatic rings. The summed E-state index contributed by atoms with van der Waals surface area (Å²) >= 11 is 0. The molecule has 0 amide bonds. The van der Waals surface area contributed by atoms with Crippen molar-refractivity contribution in [2.45, 2.75) is 5.41 Å². The lowest BCUT2D eigenvalue weighted by molar-refractivity contribution is 0.769. The molecule has 2 nitrogen and oxygen atoms in total. The van der Waals surface area contributed by atoms with E-state index in [1.54, 1.807) is 0 Å². The molecule has 0 atom stereocenters. The first-order valence-electron chi connectivity index (χ1n) is 27.9. The van der Waals surface area contributed by atoms with Gasteiger partial charge in [0.2, 0.25) is 0 Å². The van der Waals surface area contributed by atoms with E-state index in [-0.39, 0.29) is 0 Å². The van der Waals surface area contributed by atoms with Gasteiger partial charge in [-0.1, -0.05) is 279 Å². The molecule has 0 spiro atoms. The molecular weight excluding hydrogens is 977 g/mol. The van der Waals surface area contributed by atoms with Crippen molar-refractivity contribution in [3.8, 4) is 101 Å². The lowest BCUT2D eigenvalue weighted by atomic mass is 9.67. The third kappa shape index (κ3) is 8.36. The van der Waals surface area contributed by atoms with Gasteiger partial charge >= 0.3 is 0 Å². The van der Waals surface area contributed by atoms with E-state index in [0.717, 1.165) is 72.2 Å². The summed E-state index contributed by atoms with van der Waals surface area (Å²) < 4.78 is 0. The number of aromatic nitrogens is 2. The van der Waals surface area contributed by atoms with Crippen molar-refractivity contribution in [3.05, 3.63) is 338 Å². The third-order valence-electron chi connectivity index (χ3n) is 16.6. The van der Waals surface area contributed by atoms with Crippen LogP contribution in [0.1, 0.15) is 22.3 Å². The second-order valence-corrected chi connectivity index (χ2v) is 21.2. The van der Waals surface area contributed by atoms with Crippen molar-refractivity contribution in [3.63, 3.8) is 0 Å². The molecule has 0 bridgehead atoms. The maximum atomic E-state index is 5.38. The highest BCUT2D eigenvalue weighted by Gasteiger charge is 2.46. The van der Waals surface area contributed by atoms with Crippen LogP contribution in [0, 0.1) is 0 Å². The van der Waals surface area contributed by atoms with Crippen molar-refractivity contribution in [1.29, 1.82) is 0 Å². The Morgan fingerprint density at radius 1 is 0.210 bits per heavy atom. The van der Waals surface area contributed by atoms with Crippen LogP contribution >= 0.6 is 0 Å². The number of nitrogens with zero attached hydrogens (tertiary/aromatic N) is 2. The summed E-state index contributed by atoms with van der Waals surface area (Å²) in [5.74, 6) is 0.685. The van der Waals surface area contributed by atoms with Gasteiger partial charge in [0.05, 0.1) is 16.8 Å². The van der Waals surface area contributed by atoms with Crippen molar-refractivity contribution in [2.75, 3.05) is 0 Å². The molecule has 0 saturated heterocycles. The van der Waals surface area contributed by atoms with Gasteiger partial charge in [0.15, 0.2) is 5.82 Å². The maximum Gasteiger partial charge on any atom is 0.160 e. The zero-order valence-corrected chi connectivity index (χ0v) is 44.4. The minimum absolute atomic E-state index is 0.521. The molecule has 1 heterocycles. The van der Waals surface area contributed by atoms with Gasteiger partial charge in [0.25, 0.3) is 0 Å². The van der Waals surface area contributed by atoms with Crippen LogP contribution in [0.25, 0.3) is 122 Å². The topological polar surface area (TPSA) is 25.8 Å². The fraction of sp³-hybridized carbons (Fsp3) is 0.0127. The predicted octanol–water partition coefficient (Wildman–Crippen LogP) is 20.5. The highest BCUT2D eigenvalue weighted by Crippen LogP contribution is 2.57. The van der Waals surface area contributed by atoms with E-state index in [4.69, 9.17) is 9.97 Å². The summed E-state index contributed by atoms with van der Waals surface area (Å²) in [4.78, 5) is 10.6. The minimum atomic E-state index is -0.521. The minimum Gasteiger partial charge on any atom is -0.228 e. The molecule has 13 aromatic carbocycles. The Bertz CT molecular complexity index is 4620. The molecule has 15 rings (SSSR count). The van der Waals surface area contributed by atoms with E-state index >= 15 is 0 Å². The summed E-state index contributed by atoms with van der Waals surface area (Å²) in [6.45, 7) is 0. The van der Waals surface area contributed by atoms with Gasteiger partial charge in [-0.25, -0.2) is 9.97 Å². The average molecular weight is 1030 g/mol. The van der Waals surface area contributed by atoms with E-state index in [0.29, 0.717) is 5.82 Å². The second kappa shape index (κ2) is 20.0. The molecule has 81 heavy (non-hydrogen) atoms. The monoisotopic (exact) mass is 1030 g/mol. The van der Waals surface area contributed by atoms with Crippen molar-refractivity contribution in [2.24, 2.45) is 0 Å². The lowest BCUT2D eigenvalue weighted by Crippen LogP contribution is -2.28. The number of hydrogen-bond acceptors (Lipinski definition) is 2. The van der Waals surface area contributed by atoms with E-state index < -0.39 is 5.41 Å². The van der Waals surface area contributed by atoms with Gasteiger partial charge in [0, 0.05) is 16.7 Å². The van der Waals surface area contributed by atoms with Crippen LogP contribution in [0.3, 0.4) is 0 Å². The van der Waals surface area contributed by atoms with Crippen LogP contribution in [-0.4, -0.2) is 9.97 Å². The first-order valence-corrected chi connectivity index (χ1v) is 27.9. The van der Waals surface area contributed by atoms with E-state index in [1.165, 1.54) is 66.4 Å². The van der Waals surface area contributed by atoms with Gasteiger partial charge in [-0.05, 0) is 147 Å². The molecule has 1 aromatic heterocycles. The smallest absolute Gasteiger partial charge is 0.160 e. The quantitative estimate of drug-likeness (QED) is 0.136. The predicted molar refractivity (Wildman–Crippen MR) is 338 cm³/mol. The summed E-state index contributed by atoms with van der Waals surface area (Å²) in [6.07, 6.45) is 0. The van der Waals surface area contributed by atoms with Gasteiger partial charge in [-0.15, -0.1) is 0 Å². The molecule has 0 radical (unpaired) electrons. The first kappa shape index (κ1) is 47.7. The third-order valence-corrected chi connectivity index (χ3v) is 16.6. The lowest BCUT2D eigenvalue weighted by Gasteiger charge is -2.34. The van der Waals surface area contributed by atoms with E-state index in [9.17, 15) is 0 Å². The highest BCUT2D eigenvalue weighted by molar-refractivity contribution is 6.06. The van der Waals surface area contributed by atoms with Gasteiger partial charge in [-0.3, -0.25) is 0 Å². The van der Waals surface area contributed by atoms with E-state index in [2.05, 4.69) is 309 Å². The van der Waals surface area contributed by atoms with Crippen LogP contribution < -0.4 is 0 Å². The molecule has 0 saturated carbocycles. The van der Waals surface area contributed by atoms with Crippen molar-refractivity contribution >= 4 is 21.5 Å². The number of hydrogen-bond donors (Lipinski definition) is 0. The number of fused-ring (bicyclic) bond motifs is 5. The van der Waals surface area contributed by atoms with Crippen molar-refractivity contribution in [1.82, 2.24) is 9.97 Å². The Kier molecular flexibility index (Phi) is 11.8. The summed E-state index contributed by atoms with van der Waals surface area (Å²) in [6, 6.07) is 115. The SMILES string of the molecule is c1ccc(-c2cccc(-c3ccc(-c4cc(-c5ccc(-c6cc(-c7ccc8c(c7)C(c7ccccc7)(c7ccccc7)c7ccccc7-8)cc(-c7cccc8ccccc78)c6)c6ccccc56)nc(-c5ccccc5)n4)cc3)c2)cc1. The normalized spacial score (nSPS) is 12.3. The molecule has 14 aromatic rings. The molecule has 2 heteroatoms. The van der Waals surface area contributed by atoms with Gasteiger partial charge < -0.3 is 0 Å². The Morgan fingerprint density at radius 3 is 1.33 bits per heavy atom. The summed E-state index contributed by atoms with van der Waals surface area (Å²) in [7, 11) is 0. The Morgan fingerprint density at radius 2 is 0.630 bits per heavy atom. The molecule has 0 aliphatic heterocycles. The molecule has 1 aliphatic carbocycles.